The third-order valence-electron chi connectivity index (χ3n) is 6.21. The number of fused-ring (bicyclic) bond motifs is 1. The molecule has 30 heavy (non-hydrogen) atoms. The van der Waals surface area contributed by atoms with Crippen LogP contribution in [0.25, 0.3) is 0 Å². The molecule has 1 atom stereocenters. The second-order valence-electron chi connectivity index (χ2n) is 8.54. The molecule has 2 aliphatic heterocycles. The lowest BCUT2D eigenvalue weighted by Crippen LogP contribution is -2.41. The fourth-order valence-electron chi connectivity index (χ4n) is 4.41. The van der Waals surface area contributed by atoms with Gasteiger partial charge in [0.2, 0.25) is 5.91 Å². The summed E-state index contributed by atoms with van der Waals surface area (Å²) in [6, 6.07) is 9.05. The molecule has 1 unspecified atom stereocenters. The number of hydrogen-bond donors (Lipinski definition) is 2. The summed E-state index contributed by atoms with van der Waals surface area (Å²) in [7, 11) is 0. The zero-order chi connectivity index (χ0) is 21.2. The van der Waals surface area contributed by atoms with Gasteiger partial charge in [-0.2, -0.15) is 0 Å². The number of guanidine groups is 1. The molecule has 1 saturated heterocycles. The molecular formula is C24H39N5O. The lowest BCUT2D eigenvalue weighted by atomic mass is 10.0. The Morgan fingerprint density at radius 1 is 1.13 bits per heavy atom. The molecule has 3 rings (SSSR count). The van der Waals surface area contributed by atoms with E-state index in [-0.39, 0.29) is 5.91 Å². The van der Waals surface area contributed by atoms with E-state index in [2.05, 4.69) is 46.5 Å². The largest absolute Gasteiger partial charge is 0.357 e. The van der Waals surface area contributed by atoms with E-state index < -0.39 is 0 Å². The second-order valence-corrected chi connectivity index (χ2v) is 8.54. The van der Waals surface area contributed by atoms with E-state index in [1.54, 1.807) is 0 Å². The second kappa shape index (κ2) is 11.9. The molecule has 0 aromatic heterocycles. The van der Waals surface area contributed by atoms with E-state index in [1.807, 2.05) is 17.0 Å². The fraction of sp³-hybridized carbons (Fsp3) is 0.667. The van der Waals surface area contributed by atoms with Crippen molar-refractivity contribution in [2.24, 2.45) is 4.99 Å². The van der Waals surface area contributed by atoms with Gasteiger partial charge in [-0.25, -0.2) is 0 Å². The van der Waals surface area contributed by atoms with Crippen LogP contribution in [0.4, 0.5) is 0 Å². The van der Waals surface area contributed by atoms with Crippen molar-refractivity contribution in [3.8, 4) is 0 Å². The zero-order valence-electron chi connectivity index (χ0n) is 18.8. The Bertz CT molecular complexity index is 680. The number of carbonyl (C=O) groups is 1. The molecule has 166 valence electrons. The van der Waals surface area contributed by atoms with Crippen LogP contribution in [-0.2, 0) is 17.9 Å². The maximum Gasteiger partial charge on any atom is 0.223 e. The van der Waals surface area contributed by atoms with Crippen LogP contribution in [0, 0.1) is 0 Å². The van der Waals surface area contributed by atoms with Crippen LogP contribution < -0.4 is 10.6 Å². The van der Waals surface area contributed by atoms with Crippen molar-refractivity contribution in [1.82, 2.24) is 20.4 Å². The van der Waals surface area contributed by atoms with E-state index in [1.165, 1.54) is 36.9 Å². The molecule has 0 aliphatic carbocycles. The van der Waals surface area contributed by atoms with E-state index in [4.69, 9.17) is 0 Å². The van der Waals surface area contributed by atoms with E-state index in [9.17, 15) is 4.79 Å². The molecule has 2 aliphatic rings. The first-order chi connectivity index (χ1) is 14.7. The van der Waals surface area contributed by atoms with Gasteiger partial charge in [-0.1, -0.05) is 30.7 Å². The average Bonchev–Trinajstić information content (AvgIpc) is 3.19. The van der Waals surface area contributed by atoms with Crippen molar-refractivity contribution in [2.45, 2.75) is 71.5 Å². The van der Waals surface area contributed by atoms with Gasteiger partial charge in [0.1, 0.15) is 0 Å². The maximum absolute atomic E-state index is 12.5. The summed E-state index contributed by atoms with van der Waals surface area (Å²) in [6.45, 7) is 10.8. The number of rotatable bonds is 9. The fourth-order valence-corrected chi connectivity index (χ4v) is 4.41. The summed E-state index contributed by atoms with van der Waals surface area (Å²) in [6.07, 6.45) is 6.52. The molecule has 1 aromatic carbocycles. The van der Waals surface area contributed by atoms with Crippen LogP contribution in [0.5, 0.6) is 0 Å². The van der Waals surface area contributed by atoms with Gasteiger partial charge < -0.3 is 20.4 Å². The topological polar surface area (TPSA) is 60.0 Å². The highest BCUT2D eigenvalue weighted by Gasteiger charge is 2.22. The van der Waals surface area contributed by atoms with Crippen LogP contribution in [-0.4, -0.2) is 60.4 Å². The molecule has 0 saturated carbocycles. The van der Waals surface area contributed by atoms with Crippen molar-refractivity contribution in [1.29, 1.82) is 0 Å². The van der Waals surface area contributed by atoms with Crippen LogP contribution in [0.15, 0.2) is 29.3 Å². The Morgan fingerprint density at radius 3 is 2.60 bits per heavy atom. The summed E-state index contributed by atoms with van der Waals surface area (Å²) in [4.78, 5) is 21.7. The number of amides is 1. The van der Waals surface area contributed by atoms with E-state index in [0.29, 0.717) is 13.0 Å². The number of carbonyl (C=O) groups excluding carboxylic acids is 1. The molecule has 6 heteroatoms. The molecule has 2 N–H and O–H groups in total. The Kier molecular flexibility index (Phi) is 9.00. The van der Waals surface area contributed by atoms with Crippen molar-refractivity contribution in [3.63, 3.8) is 0 Å². The number of likely N-dealkylation sites (tertiary alicyclic amines) is 1. The molecule has 0 spiro atoms. The zero-order valence-corrected chi connectivity index (χ0v) is 18.8. The summed E-state index contributed by atoms with van der Waals surface area (Å²) >= 11 is 0. The number of piperidine rings is 1. The first kappa shape index (κ1) is 22.6. The highest BCUT2D eigenvalue weighted by molar-refractivity contribution is 5.80. The standard InChI is InChI=1S/C24H39N5O/c1-3-25-24(27-15-9-17-28-16-7-6-10-20(28)2)26-14-8-13-23(30)29-18-21-11-4-5-12-22(21)19-29/h4-5,11-12,20H,3,6-10,13-19H2,1-2H3,(H2,25,26,27). The average molecular weight is 414 g/mol. The van der Waals surface area contributed by atoms with Gasteiger partial charge in [-0.15, -0.1) is 0 Å². The minimum absolute atomic E-state index is 0.231. The van der Waals surface area contributed by atoms with Gasteiger partial charge in [-0.05, 0) is 57.2 Å². The van der Waals surface area contributed by atoms with Gasteiger partial charge in [0.15, 0.2) is 5.96 Å². The quantitative estimate of drug-likeness (QED) is 0.371. The number of nitrogens with one attached hydrogen (secondary N) is 2. The van der Waals surface area contributed by atoms with Crippen LogP contribution in [0.1, 0.15) is 63.5 Å². The van der Waals surface area contributed by atoms with Gasteiger partial charge in [0.25, 0.3) is 0 Å². The number of nitrogens with zero attached hydrogens (tertiary/aromatic N) is 3. The molecule has 1 fully saturated rings. The Balaban J connectivity index is 1.33. The Morgan fingerprint density at radius 2 is 1.90 bits per heavy atom. The van der Waals surface area contributed by atoms with Gasteiger partial charge in [-0.3, -0.25) is 9.79 Å². The molecule has 6 nitrogen and oxygen atoms in total. The first-order valence-electron chi connectivity index (χ1n) is 11.8. The lowest BCUT2D eigenvalue weighted by molar-refractivity contribution is -0.131. The molecular weight excluding hydrogens is 374 g/mol. The number of aliphatic imine (C=N–C) groups is 1. The predicted octanol–water partition coefficient (Wildman–Crippen LogP) is 3.13. The monoisotopic (exact) mass is 413 g/mol. The van der Waals surface area contributed by atoms with Crippen LogP contribution >= 0.6 is 0 Å². The third kappa shape index (κ3) is 6.73. The number of hydrogen-bond acceptors (Lipinski definition) is 3. The lowest BCUT2D eigenvalue weighted by Gasteiger charge is -2.33. The highest BCUT2D eigenvalue weighted by Crippen LogP contribution is 2.23. The highest BCUT2D eigenvalue weighted by atomic mass is 16.2. The Hall–Kier alpha value is -2.08. The number of benzene rings is 1. The Labute approximate surface area is 182 Å². The summed E-state index contributed by atoms with van der Waals surface area (Å²) in [5, 5.41) is 6.76. The molecule has 0 bridgehead atoms. The summed E-state index contributed by atoms with van der Waals surface area (Å²) < 4.78 is 0. The molecule has 1 amide bonds. The van der Waals surface area contributed by atoms with Gasteiger partial charge in [0, 0.05) is 51.7 Å². The van der Waals surface area contributed by atoms with E-state index in [0.717, 1.165) is 57.6 Å². The van der Waals surface area contributed by atoms with Crippen LogP contribution in [0.3, 0.4) is 0 Å². The predicted molar refractivity (Wildman–Crippen MR) is 123 cm³/mol. The minimum Gasteiger partial charge on any atom is -0.357 e. The SMILES string of the molecule is CCNC(=NCCCC(=O)N1Cc2ccccc2C1)NCCCN1CCCCC1C. The maximum atomic E-state index is 12.5. The molecule has 1 aromatic rings. The molecule has 0 radical (unpaired) electrons. The summed E-state index contributed by atoms with van der Waals surface area (Å²) in [5.74, 6) is 1.10. The first-order valence-corrected chi connectivity index (χ1v) is 11.8. The normalized spacial score (nSPS) is 19.6. The smallest absolute Gasteiger partial charge is 0.223 e. The van der Waals surface area contributed by atoms with Crippen molar-refractivity contribution < 1.29 is 4.79 Å². The van der Waals surface area contributed by atoms with Gasteiger partial charge in [0.05, 0.1) is 0 Å². The molecule has 2 heterocycles. The van der Waals surface area contributed by atoms with Gasteiger partial charge >= 0.3 is 0 Å². The van der Waals surface area contributed by atoms with Crippen molar-refractivity contribution in [3.05, 3.63) is 35.4 Å². The van der Waals surface area contributed by atoms with Crippen molar-refractivity contribution in [2.75, 3.05) is 32.7 Å². The minimum atomic E-state index is 0.231. The van der Waals surface area contributed by atoms with E-state index >= 15 is 0 Å². The van der Waals surface area contributed by atoms with Crippen LogP contribution in [0.2, 0.25) is 0 Å². The summed E-state index contributed by atoms with van der Waals surface area (Å²) in [5.41, 5.74) is 2.56. The van der Waals surface area contributed by atoms with Crippen molar-refractivity contribution >= 4 is 11.9 Å². The third-order valence-corrected chi connectivity index (χ3v) is 6.21.